The van der Waals surface area contributed by atoms with E-state index in [0.29, 0.717) is 5.92 Å². The highest BCUT2D eigenvalue weighted by atomic mass is 31.1. The first-order valence-electron chi connectivity index (χ1n) is 14.7. The van der Waals surface area contributed by atoms with Gasteiger partial charge < -0.3 is 0 Å². The molecule has 0 N–H and O–H groups in total. The first-order valence-corrected chi connectivity index (χ1v) is 15.9. The highest BCUT2D eigenvalue weighted by molar-refractivity contribution is 7.40. The molecule has 3 rings (SSSR count). The van der Waals surface area contributed by atoms with E-state index in [4.69, 9.17) is 0 Å². The Hall–Kier alpha value is -1.91. The van der Waals surface area contributed by atoms with Crippen LogP contribution in [0, 0.1) is 0 Å². The molecule has 3 aromatic carbocycles. The first kappa shape index (κ1) is 28.7. The van der Waals surface area contributed by atoms with Crippen molar-refractivity contribution in [2.24, 2.45) is 0 Å². The van der Waals surface area contributed by atoms with Crippen molar-refractivity contribution < 1.29 is 0 Å². The summed E-state index contributed by atoms with van der Waals surface area (Å²) in [4.78, 5) is 0. The van der Waals surface area contributed by atoms with Crippen LogP contribution < -0.4 is 0 Å². The maximum atomic E-state index is 2.45. The van der Waals surface area contributed by atoms with E-state index in [1.165, 1.54) is 99.9 Å². The Morgan fingerprint density at radius 3 is 1.36 bits per heavy atom. The molecule has 0 heterocycles. The lowest BCUT2D eigenvalue weighted by atomic mass is 9.77. The van der Waals surface area contributed by atoms with E-state index in [1.54, 1.807) is 0 Å². The summed E-state index contributed by atoms with van der Waals surface area (Å²) in [5.41, 5.74) is 4.36. The van der Waals surface area contributed by atoms with Gasteiger partial charge in [-0.1, -0.05) is 175 Å². The van der Waals surface area contributed by atoms with Gasteiger partial charge in [0.2, 0.25) is 0 Å². The van der Waals surface area contributed by atoms with E-state index >= 15 is 0 Å². The largest absolute Gasteiger partial charge is 0.106 e. The summed E-state index contributed by atoms with van der Waals surface area (Å²) in [5, 5.41) is 0.0155. The van der Waals surface area contributed by atoms with Gasteiger partial charge in [0.05, 0.1) is 0 Å². The Morgan fingerprint density at radius 2 is 0.917 bits per heavy atom. The van der Waals surface area contributed by atoms with Gasteiger partial charge in [0.15, 0.2) is 0 Å². The molecule has 0 saturated carbocycles. The lowest BCUT2D eigenvalue weighted by Crippen LogP contribution is -2.29. The average molecular weight is 501 g/mol. The highest BCUT2D eigenvalue weighted by Gasteiger charge is 2.39. The summed E-state index contributed by atoms with van der Waals surface area (Å²) in [6, 6.07) is 33.8. The van der Waals surface area contributed by atoms with Crippen LogP contribution in [0.5, 0.6) is 0 Å². The summed E-state index contributed by atoms with van der Waals surface area (Å²) in [7, 11) is 0.866. The minimum absolute atomic E-state index is 0.0155. The van der Waals surface area contributed by atoms with Crippen molar-refractivity contribution in [1.29, 1.82) is 0 Å². The lowest BCUT2D eigenvalue weighted by molar-refractivity contribution is 0.547. The smallest absolute Gasteiger partial charge is 0.0438 e. The average Bonchev–Trinajstić information content (AvgIpc) is 2.94. The van der Waals surface area contributed by atoms with E-state index in [9.17, 15) is 0 Å². The molecule has 0 aliphatic heterocycles. The summed E-state index contributed by atoms with van der Waals surface area (Å²) in [6.45, 7) is 4.75. The third-order valence-electron chi connectivity index (χ3n) is 7.84. The lowest BCUT2D eigenvalue weighted by Gasteiger charge is -2.41. The van der Waals surface area contributed by atoms with E-state index < -0.39 is 0 Å². The van der Waals surface area contributed by atoms with Crippen LogP contribution in [0.1, 0.15) is 114 Å². The zero-order valence-corrected chi connectivity index (χ0v) is 23.9. The van der Waals surface area contributed by atoms with Crippen molar-refractivity contribution in [3.63, 3.8) is 0 Å². The number of hydrogen-bond donors (Lipinski definition) is 0. The topological polar surface area (TPSA) is 0 Å². The van der Waals surface area contributed by atoms with E-state index in [-0.39, 0.29) is 5.16 Å². The Bertz CT molecular complexity index is 879. The fourth-order valence-electron chi connectivity index (χ4n) is 5.67. The number of unbranched alkanes of at least 4 members (excludes halogenated alkanes) is 11. The van der Waals surface area contributed by atoms with Crippen molar-refractivity contribution in [3.8, 4) is 0 Å². The van der Waals surface area contributed by atoms with Gasteiger partial charge in [-0.2, -0.15) is 0 Å². The molecule has 1 heteroatoms. The minimum Gasteiger partial charge on any atom is -0.106 e. The van der Waals surface area contributed by atoms with Crippen LogP contribution in [-0.4, -0.2) is 6.16 Å². The van der Waals surface area contributed by atoms with Gasteiger partial charge in [0.25, 0.3) is 0 Å². The SMILES string of the molecule is CCCCCCCCCCCCCCPC(c1ccccc1)(c1ccccc1)C(C)c1ccccc1. The monoisotopic (exact) mass is 500 g/mol. The zero-order valence-electron chi connectivity index (χ0n) is 22.9. The van der Waals surface area contributed by atoms with Crippen LogP contribution in [0.4, 0.5) is 0 Å². The molecule has 0 bridgehead atoms. The van der Waals surface area contributed by atoms with Gasteiger partial charge in [-0.3, -0.25) is 0 Å². The molecule has 2 atom stereocenters. The molecular formula is C35H49P. The molecular weight excluding hydrogens is 451 g/mol. The maximum absolute atomic E-state index is 2.45. The molecule has 36 heavy (non-hydrogen) atoms. The molecule has 2 unspecified atom stereocenters. The summed E-state index contributed by atoms with van der Waals surface area (Å²) < 4.78 is 0. The molecule has 0 nitrogen and oxygen atoms in total. The normalized spacial score (nSPS) is 12.8. The van der Waals surface area contributed by atoms with Gasteiger partial charge >= 0.3 is 0 Å². The van der Waals surface area contributed by atoms with Crippen molar-refractivity contribution in [2.45, 2.75) is 102 Å². The number of rotatable bonds is 18. The second-order valence-electron chi connectivity index (χ2n) is 10.5. The zero-order chi connectivity index (χ0) is 25.3. The van der Waals surface area contributed by atoms with Crippen LogP contribution in [0.2, 0.25) is 0 Å². The molecule has 0 aromatic heterocycles. The van der Waals surface area contributed by atoms with Crippen molar-refractivity contribution >= 4 is 8.58 Å². The fourth-order valence-corrected chi connectivity index (χ4v) is 7.70. The molecule has 3 aromatic rings. The predicted molar refractivity (Wildman–Crippen MR) is 163 cm³/mol. The second kappa shape index (κ2) is 16.8. The molecule has 0 aliphatic carbocycles. The van der Waals surface area contributed by atoms with Crippen molar-refractivity contribution in [1.82, 2.24) is 0 Å². The Kier molecular flexibility index (Phi) is 13.3. The van der Waals surface area contributed by atoms with E-state index in [1.807, 2.05) is 0 Å². The second-order valence-corrected chi connectivity index (χ2v) is 12.1. The maximum Gasteiger partial charge on any atom is 0.0438 e. The van der Waals surface area contributed by atoms with E-state index in [0.717, 1.165) is 8.58 Å². The third-order valence-corrected chi connectivity index (χ3v) is 10.0. The van der Waals surface area contributed by atoms with Crippen LogP contribution >= 0.6 is 8.58 Å². The Balaban J connectivity index is 1.59. The van der Waals surface area contributed by atoms with Gasteiger partial charge in [-0.05, 0) is 35.2 Å². The fraction of sp³-hybridized carbons (Fsp3) is 0.486. The summed E-state index contributed by atoms with van der Waals surface area (Å²) in [6.07, 6.45) is 18.3. The first-order chi connectivity index (χ1) is 17.8. The van der Waals surface area contributed by atoms with Crippen LogP contribution in [0.15, 0.2) is 91.0 Å². The molecule has 0 fully saturated rings. The Morgan fingerprint density at radius 1 is 0.528 bits per heavy atom. The molecule has 0 saturated heterocycles. The third kappa shape index (κ3) is 8.59. The van der Waals surface area contributed by atoms with Crippen LogP contribution in [0.25, 0.3) is 0 Å². The van der Waals surface area contributed by atoms with Gasteiger partial charge in [0, 0.05) is 5.16 Å². The van der Waals surface area contributed by atoms with Gasteiger partial charge in [0.1, 0.15) is 0 Å². The van der Waals surface area contributed by atoms with Crippen LogP contribution in [0.3, 0.4) is 0 Å². The van der Waals surface area contributed by atoms with Gasteiger partial charge in [-0.15, -0.1) is 8.58 Å². The van der Waals surface area contributed by atoms with Crippen molar-refractivity contribution in [2.75, 3.05) is 6.16 Å². The Labute approximate surface area is 224 Å². The minimum atomic E-state index is 0.0155. The summed E-state index contributed by atoms with van der Waals surface area (Å²) >= 11 is 0. The molecule has 0 radical (unpaired) electrons. The van der Waals surface area contributed by atoms with E-state index in [2.05, 4.69) is 105 Å². The number of benzene rings is 3. The van der Waals surface area contributed by atoms with Crippen LogP contribution in [-0.2, 0) is 5.16 Å². The quantitative estimate of drug-likeness (QED) is 0.120. The summed E-state index contributed by atoms with van der Waals surface area (Å²) in [5.74, 6) is 0.416. The number of hydrogen-bond acceptors (Lipinski definition) is 0. The van der Waals surface area contributed by atoms with Gasteiger partial charge in [-0.25, -0.2) is 0 Å². The predicted octanol–water partition coefficient (Wildman–Crippen LogP) is 11.1. The molecule has 0 amide bonds. The van der Waals surface area contributed by atoms with Crippen molar-refractivity contribution in [3.05, 3.63) is 108 Å². The molecule has 0 aliphatic rings. The molecule has 194 valence electrons. The molecule has 0 spiro atoms. The highest BCUT2D eigenvalue weighted by Crippen LogP contribution is 2.56. The standard InChI is InChI=1S/C35H49P/c1-3-4-5-6-7-8-9-10-11-12-13-23-30-36-35(33-26-19-15-20-27-33,34-28-21-16-22-29-34)31(2)32-24-17-14-18-25-32/h14-22,24-29,31,36H,3-13,23,30H2,1-2H3.